The van der Waals surface area contributed by atoms with Crippen LogP contribution in [0.2, 0.25) is 0 Å². The number of fused-ring (bicyclic) bond motifs is 2. The summed E-state index contributed by atoms with van der Waals surface area (Å²) in [4.78, 5) is 0. The van der Waals surface area contributed by atoms with Gasteiger partial charge in [0.25, 0.3) is 0 Å². The van der Waals surface area contributed by atoms with Crippen LogP contribution in [0.1, 0.15) is 12.8 Å². The summed E-state index contributed by atoms with van der Waals surface area (Å²) in [5.41, 5.74) is -2.44. The zero-order valence-electron chi connectivity index (χ0n) is 6.30. The van der Waals surface area contributed by atoms with Gasteiger partial charge in [-0.2, -0.15) is 13.2 Å². The summed E-state index contributed by atoms with van der Waals surface area (Å²) in [6, 6.07) is 0. The number of alkyl halides is 3. The molecule has 1 fully saturated rings. The van der Waals surface area contributed by atoms with Gasteiger partial charge in [-0.3, -0.25) is 0 Å². The molecule has 0 heterocycles. The fourth-order valence-corrected chi connectivity index (χ4v) is 2.16. The molecule has 0 aromatic rings. The lowest BCUT2D eigenvalue weighted by Crippen LogP contribution is -2.48. The van der Waals surface area contributed by atoms with Crippen molar-refractivity contribution in [1.29, 1.82) is 0 Å². The SMILES string of the molecule is OC1(C(F)(F)F)C[C@H]2C=CC1C2. The van der Waals surface area contributed by atoms with Gasteiger partial charge in [-0.25, -0.2) is 0 Å². The summed E-state index contributed by atoms with van der Waals surface area (Å²) in [6.45, 7) is 0. The second-order valence-corrected chi connectivity index (χ2v) is 3.61. The summed E-state index contributed by atoms with van der Waals surface area (Å²) in [5.74, 6) is -0.774. The van der Waals surface area contributed by atoms with Gasteiger partial charge in [0, 0.05) is 5.92 Å². The molecule has 2 bridgehead atoms. The first kappa shape index (κ1) is 8.10. The first-order valence-electron chi connectivity index (χ1n) is 3.91. The third-order valence-corrected chi connectivity index (χ3v) is 2.85. The quantitative estimate of drug-likeness (QED) is 0.561. The van der Waals surface area contributed by atoms with E-state index in [9.17, 15) is 18.3 Å². The molecule has 0 saturated heterocycles. The van der Waals surface area contributed by atoms with Crippen LogP contribution in [0.5, 0.6) is 0 Å². The predicted molar refractivity (Wildman–Crippen MR) is 36.4 cm³/mol. The molecule has 2 aliphatic carbocycles. The Kier molecular flexibility index (Phi) is 1.38. The minimum Gasteiger partial charge on any atom is -0.380 e. The van der Waals surface area contributed by atoms with E-state index in [2.05, 4.69) is 0 Å². The molecular weight excluding hydrogens is 169 g/mol. The molecule has 0 spiro atoms. The van der Waals surface area contributed by atoms with E-state index in [0.29, 0.717) is 6.42 Å². The second kappa shape index (κ2) is 2.05. The van der Waals surface area contributed by atoms with Crippen molar-refractivity contribution in [1.82, 2.24) is 0 Å². The van der Waals surface area contributed by atoms with Crippen molar-refractivity contribution in [3.8, 4) is 0 Å². The highest BCUT2D eigenvalue weighted by Gasteiger charge is 2.63. The molecule has 1 nitrogen and oxygen atoms in total. The molecule has 2 unspecified atom stereocenters. The van der Waals surface area contributed by atoms with E-state index in [0.717, 1.165) is 0 Å². The normalized spacial score (nSPS) is 45.7. The Morgan fingerprint density at radius 3 is 2.25 bits per heavy atom. The number of hydrogen-bond donors (Lipinski definition) is 1. The fraction of sp³-hybridized carbons (Fsp3) is 0.750. The summed E-state index contributed by atoms with van der Waals surface area (Å²) in [7, 11) is 0. The molecule has 0 aromatic carbocycles. The fourth-order valence-electron chi connectivity index (χ4n) is 2.16. The first-order chi connectivity index (χ1) is 5.43. The van der Waals surface area contributed by atoms with E-state index in [1.807, 2.05) is 0 Å². The summed E-state index contributed by atoms with van der Waals surface area (Å²) >= 11 is 0. The van der Waals surface area contributed by atoms with Crippen molar-refractivity contribution in [3.05, 3.63) is 12.2 Å². The molecule has 1 saturated carbocycles. The van der Waals surface area contributed by atoms with Crippen molar-refractivity contribution in [3.63, 3.8) is 0 Å². The zero-order chi connectivity index (χ0) is 8.98. The number of halogens is 3. The van der Waals surface area contributed by atoms with E-state index in [1.54, 1.807) is 6.08 Å². The van der Waals surface area contributed by atoms with Crippen LogP contribution < -0.4 is 0 Å². The number of aliphatic hydroxyl groups is 1. The van der Waals surface area contributed by atoms with Gasteiger partial charge in [0.2, 0.25) is 0 Å². The van der Waals surface area contributed by atoms with Crippen LogP contribution in [0.15, 0.2) is 12.2 Å². The third-order valence-electron chi connectivity index (χ3n) is 2.85. The maximum atomic E-state index is 12.3. The summed E-state index contributed by atoms with van der Waals surface area (Å²) < 4.78 is 37.0. The van der Waals surface area contributed by atoms with E-state index in [-0.39, 0.29) is 12.3 Å². The van der Waals surface area contributed by atoms with Crippen LogP contribution in [0, 0.1) is 11.8 Å². The number of allylic oxidation sites excluding steroid dienone is 1. The first-order valence-corrected chi connectivity index (χ1v) is 3.91. The molecule has 1 N–H and O–H groups in total. The van der Waals surface area contributed by atoms with Gasteiger partial charge >= 0.3 is 6.18 Å². The summed E-state index contributed by atoms with van der Waals surface area (Å²) in [5, 5.41) is 9.34. The van der Waals surface area contributed by atoms with E-state index >= 15 is 0 Å². The lowest BCUT2D eigenvalue weighted by molar-refractivity contribution is -0.268. The maximum absolute atomic E-state index is 12.3. The number of rotatable bonds is 0. The Morgan fingerprint density at radius 2 is 2.00 bits per heavy atom. The Bertz CT molecular complexity index is 233. The van der Waals surface area contributed by atoms with Crippen LogP contribution in [0.25, 0.3) is 0 Å². The Morgan fingerprint density at radius 1 is 1.33 bits per heavy atom. The largest absolute Gasteiger partial charge is 0.417 e. The summed E-state index contributed by atoms with van der Waals surface area (Å²) in [6.07, 6.45) is -0.919. The molecule has 2 rings (SSSR count). The van der Waals surface area contributed by atoms with Crippen LogP contribution >= 0.6 is 0 Å². The van der Waals surface area contributed by atoms with Crippen molar-refractivity contribution in [2.24, 2.45) is 11.8 Å². The van der Waals surface area contributed by atoms with E-state index < -0.39 is 17.7 Å². The third kappa shape index (κ3) is 0.843. The van der Waals surface area contributed by atoms with Gasteiger partial charge in [-0.05, 0) is 18.8 Å². The van der Waals surface area contributed by atoms with Gasteiger partial charge < -0.3 is 5.11 Å². The average molecular weight is 178 g/mol. The van der Waals surface area contributed by atoms with E-state index in [1.165, 1.54) is 6.08 Å². The standard InChI is InChI=1S/C8H9F3O/c9-8(10,11)7(12)4-5-1-2-6(7)3-5/h1-2,5-6,12H,3-4H2/t5-,6?,7?/m0/s1. The van der Waals surface area contributed by atoms with Crippen LogP contribution in [0.3, 0.4) is 0 Å². The highest BCUT2D eigenvalue weighted by atomic mass is 19.4. The highest BCUT2D eigenvalue weighted by Crippen LogP contribution is 2.53. The van der Waals surface area contributed by atoms with E-state index in [4.69, 9.17) is 0 Å². The highest BCUT2D eigenvalue weighted by molar-refractivity contribution is 5.18. The van der Waals surface area contributed by atoms with Gasteiger partial charge in [-0.1, -0.05) is 12.2 Å². The number of hydrogen-bond acceptors (Lipinski definition) is 1. The monoisotopic (exact) mass is 178 g/mol. The van der Waals surface area contributed by atoms with Crippen LogP contribution in [0.4, 0.5) is 13.2 Å². The smallest absolute Gasteiger partial charge is 0.380 e. The Balaban J connectivity index is 2.30. The van der Waals surface area contributed by atoms with Gasteiger partial charge in [-0.15, -0.1) is 0 Å². The van der Waals surface area contributed by atoms with Crippen molar-refractivity contribution >= 4 is 0 Å². The van der Waals surface area contributed by atoms with Crippen molar-refractivity contribution < 1.29 is 18.3 Å². The van der Waals surface area contributed by atoms with Gasteiger partial charge in [0.15, 0.2) is 5.60 Å². The Labute approximate surface area is 67.9 Å². The molecule has 68 valence electrons. The predicted octanol–water partition coefficient (Wildman–Crippen LogP) is 1.88. The minimum absolute atomic E-state index is 0.0679. The minimum atomic E-state index is -4.48. The molecule has 0 aliphatic heterocycles. The lowest BCUT2D eigenvalue weighted by Gasteiger charge is -2.31. The van der Waals surface area contributed by atoms with Gasteiger partial charge in [0.05, 0.1) is 0 Å². The molecule has 12 heavy (non-hydrogen) atoms. The molecule has 0 aromatic heterocycles. The van der Waals surface area contributed by atoms with Crippen molar-refractivity contribution in [2.75, 3.05) is 0 Å². The molecule has 0 radical (unpaired) electrons. The molecular formula is C8H9F3O. The average Bonchev–Trinajstić information content (AvgIpc) is 2.43. The maximum Gasteiger partial charge on any atom is 0.417 e. The lowest BCUT2D eigenvalue weighted by atomic mass is 9.88. The van der Waals surface area contributed by atoms with Crippen LogP contribution in [-0.4, -0.2) is 16.9 Å². The molecule has 0 amide bonds. The molecule has 4 heteroatoms. The topological polar surface area (TPSA) is 20.2 Å². The van der Waals surface area contributed by atoms with Crippen molar-refractivity contribution in [2.45, 2.75) is 24.6 Å². The van der Waals surface area contributed by atoms with Gasteiger partial charge in [0.1, 0.15) is 0 Å². The second-order valence-electron chi connectivity index (χ2n) is 3.61. The Hall–Kier alpha value is -0.510. The zero-order valence-corrected chi connectivity index (χ0v) is 6.30. The molecule has 2 aliphatic rings. The molecule has 3 atom stereocenters. The van der Waals surface area contributed by atoms with Crippen LogP contribution in [-0.2, 0) is 0 Å².